The van der Waals surface area contributed by atoms with Crippen LogP contribution in [0.5, 0.6) is 0 Å². The average Bonchev–Trinajstić information content (AvgIpc) is 2.72. The number of hydrogen-bond donors (Lipinski definition) is 1. The molecule has 0 unspecified atom stereocenters. The number of ketones is 1. The lowest BCUT2D eigenvalue weighted by Crippen LogP contribution is -2.39. The Morgan fingerprint density at radius 3 is 2.54 bits per heavy atom. The number of carbonyl (C=O) groups excluding carboxylic acids is 2. The molecule has 7 heteroatoms. The van der Waals surface area contributed by atoms with Crippen molar-refractivity contribution in [2.75, 3.05) is 25.5 Å². The molecule has 146 valence electrons. The molecule has 1 heterocycles. The van der Waals surface area contributed by atoms with E-state index in [0.717, 1.165) is 12.8 Å². The van der Waals surface area contributed by atoms with E-state index in [1.807, 2.05) is 0 Å². The molecule has 3 rings (SSSR count). The van der Waals surface area contributed by atoms with Gasteiger partial charge in [-0.1, -0.05) is 25.1 Å². The SMILES string of the molecule is CNc1ccc(C(=O)c2ccccc2C(=O)N2CCC[C@H](C)C2)cc1[N+](=O)[O-]. The minimum Gasteiger partial charge on any atom is -0.383 e. The van der Waals surface area contributed by atoms with E-state index >= 15 is 0 Å². The van der Waals surface area contributed by atoms with Crippen molar-refractivity contribution < 1.29 is 14.5 Å². The highest BCUT2D eigenvalue weighted by atomic mass is 16.6. The molecular formula is C21H23N3O4. The molecule has 0 spiro atoms. The van der Waals surface area contributed by atoms with Gasteiger partial charge in [-0.3, -0.25) is 19.7 Å². The fourth-order valence-electron chi connectivity index (χ4n) is 3.60. The fourth-order valence-corrected chi connectivity index (χ4v) is 3.60. The molecule has 28 heavy (non-hydrogen) atoms. The van der Waals surface area contributed by atoms with Crippen LogP contribution in [0.2, 0.25) is 0 Å². The third kappa shape index (κ3) is 3.88. The summed E-state index contributed by atoms with van der Waals surface area (Å²) in [6, 6.07) is 10.9. The maximum absolute atomic E-state index is 13.1. The summed E-state index contributed by atoms with van der Waals surface area (Å²) in [5, 5.41) is 14.0. The number of hydrogen-bond acceptors (Lipinski definition) is 5. The number of nitrogens with one attached hydrogen (secondary N) is 1. The Bertz CT molecular complexity index is 926. The monoisotopic (exact) mass is 381 g/mol. The van der Waals surface area contributed by atoms with Gasteiger partial charge in [0.25, 0.3) is 11.6 Å². The summed E-state index contributed by atoms with van der Waals surface area (Å²) in [7, 11) is 1.58. The zero-order valence-electron chi connectivity index (χ0n) is 16.0. The summed E-state index contributed by atoms with van der Waals surface area (Å²) in [6.45, 7) is 3.46. The summed E-state index contributed by atoms with van der Waals surface area (Å²) < 4.78 is 0. The van der Waals surface area contributed by atoms with Crippen molar-refractivity contribution in [3.8, 4) is 0 Å². The lowest BCUT2D eigenvalue weighted by molar-refractivity contribution is -0.384. The molecular weight excluding hydrogens is 358 g/mol. The molecule has 1 N–H and O–H groups in total. The Morgan fingerprint density at radius 2 is 1.89 bits per heavy atom. The number of rotatable bonds is 5. The predicted octanol–water partition coefficient (Wildman–Crippen LogP) is 3.74. The first-order valence-corrected chi connectivity index (χ1v) is 9.31. The molecule has 2 aromatic carbocycles. The Kier molecular flexibility index (Phi) is 5.73. The van der Waals surface area contributed by atoms with Crippen molar-refractivity contribution >= 4 is 23.1 Å². The van der Waals surface area contributed by atoms with Gasteiger partial charge >= 0.3 is 0 Å². The van der Waals surface area contributed by atoms with E-state index < -0.39 is 10.7 Å². The van der Waals surface area contributed by atoms with Crippen LogP contribution in [0.1, 0.15) is 46.0 Å². The quantitative estimate of drug-likeness (QED) is 0.484. The number of benzene rings is 2. The number of amides is 1. The topological polar surface area (TPSA) is 92.6 Å². The third-order valence-corrected chi connectivity index (χ3v) is 5.07. The van der Waals surface area contributed by atoms with Crippen LogP contribution in [0.15, 0.2) is 42.5 Å². The van der Waals surface area contributed by atoms with E-state index in [4.69, 9.17) is 0 Å². The summed E-state index contributed by atoms with van der Waals surface area (Å²) in [6.07, 6.45) is 2.03. The normalized spacial score (nSPS) is 16.5. The second-order valence-electron chi connectivity index (χ2n) is 7.11. The van der Waals surface area contributed by atoms with Crippen LogP contribution < -0.4 is 5.32 Å². The van der Waals surface area contributed by atoms with Gasteiger partial charge < -0.3 is 10.2 Å². The Labute approximate surface area is 163 Å². The smallest absolute Gasteiger partial charge is 0.293 e. The molecule has 2 aromatic rings. The van der Waals surface area contributed by atoms with Crippen molar-refractivity contribution in [1.29, 1.82) is 0 Å². The minimum absolute atomic E-state index is 0.170. The molecule has 1 amide bonds. The zero-order valence-corrected chi connectivity index (χ0v) is 16.0. The lowest BCUT2D eigenvalue weighted by Gasteiger charge is -2.31. The van der Waals surface area contributed by atoms with E-state index in [9.17, 15) is 19.7 Å². The van der Waals surface area contributed by atoms with Crippen molar-refractivity contribution in [3.63, 3.8) is 0 Å². The van der Waals surface area contributed by atoms with Crippen LogP contribution >= 0.6 is 0 Å². The first-order valence-electron chi connectivity index (χ1n) is 9.31. The van der Waals surface area contributed by atoms with Crippen LogP contribution in [-0.2, 0) is 0 Å². The van der Waals surface area contributed by atoms with Crippen molar-refractivity contribution in [1.82, 2.24) is 4.90 Å². The van der Waals surface area contributed by atoms with E-state index in [2.05, 4.69) is 12.2 Å². The molecule has 0 bridgehead atoms. The summed E-state index contributed by atoms with van der Waals surface area (Å²) in [4.78, 5) is 38.7. The molecule has 0 aromatic heterocycles. The third-order valence-electron chi connectivity index (χ3n) is 5.07. The number of carbonyl (C=O) groups is 2. The second-order valence-corrected chi connectivity index (χ2v) is 7.11. The van der Waals surface area contributed by atoms with Crippen molar-refractivity contribution in [2.24, 2.45) is 5.92 Å². The molecule has 1 fully saturated rings. The standard InChI is InChI=1S/C21H23N3O4/c1-14-6-5-11-23(13-14)21(26)17-8-4-3-7-16(17)20(25)15-9-10-18(22-2)19(12-15)24(27)28/h3-4,7-10,12,14,22H,5-6,11,13H2,1-2H3/t14-/m0/s1. The number of nitro groups is 1. The van der Waals surface area contributed by atoms with Gasteiger partial charge in [-0.05, 0) is 37.0 Å². The molecule has 0 saturated carbocycles. The van der Waals surface area contributed by atoms with Crippen LogP contribution in [0, 0.1) is 16.0 Å². The highest BCUT2D eigenvalue weighted by Crippen LogP contribution is 2.27. The van der Waals surface area contributed by atoms with Gasteiger partial charge in [0.05, 0.1) is 10.5 Å². The van der Waals surface area contributed by atoms with E-state index in [0.29, 0.717) is 30.3 Å². The van der Waals surface area contributed by atoms with Crippen molar-refractivity contribution in [3.05, 3.63) is 69.3 Å². The van der Waals surface area contributed by atoms with Crippen molar-refractivity contribution in [2.45, 2.75) is 19.8 Å². The number of anilines is 1. The summed E-state index contributed by atoms with van der Waals surface area (Å²) in [5.74, 6) is -0.145. The van der Waals surface area contributed by atoms with Gasteiger partial charge in [-0.25, -0.2) is 0 Å². The number of piperidine rings is 1. The van der Waals surface area contributed by atoms with Crippen LogP contribution in [-0.4, -0.2) is 41.7 Å². The minimum atomic E-state index is -0.533. The number of nitro benzene ring substituents is 1. The Hall–Kier alpha value is -3.22. The summed E-state index contributed by atoms with van der Waals surface area (Å²) in [5.41, 5.74) is 0.923. The van der Waals surface area contributed by atoms with Gasteiger partial charge in [0.2, 0.25) is 0 Å². The highest BCUT2D eigenvalue weighted by Gasteiger charge is 2.26. The fraction of sp³-hybridized carbons (Fsp3) is 0.333. The van der Waals surface area contributed by atoms with Gasteiger partial charge in [-0.2, -0.15) is 0 Å². The molecule has 1 saturated heterocycles. The van der Waals surface area contributed by atoms with Gasteiger partial charge in [0.15, 0.2) is 5.78 Å². The maximum Gasteiger partial charge on any atom is 0.293 e. The number of nitrogens with zero attached hydrogens (tertiary/aromatic N) is 2. The maximum atomic E-state index is 13.1. The molecule has 1 atom stereocenters. The van der Waals surface area contributed by atoms with Gasteiger partial charge in [0, 0.05) is 37.3 Å². The average molecular weight is 381 g/mol. The van der Waals surface area contributed by atoms with Gasteiger partial charge in [0.1, 0.15) is 5.69 Å². The number of likely N-dealkylation sites (tertiary alicyclic amines) is 1. The summed E-state index contributed by atoms with van der Waals surface area (Å²) >= 11 is 0. The predicted molar refractivity (Wildman–Crippen MR) is 107 cm³/mol. The zero-order chi connectivity index (χ0) is 20.3. The van der Waals surface area contributed by atoms with Gasteiger partial charge in [-0.15, -0.1) is 0 Å². The first-order chi connectivity index (χ1) is 13.4. The second kappa shape index (κ2) is 8.21. The Balaban J connectivity index is 1.96. The molecule has 1 aliphatic heterocycles. The van der Waals surface area contributed by atoms with E-state index in [-0.39, 0.29) is 22.7 Å². The largest absolute Gasteiger partial charge is 0.383 e. The van der Waals surface area contributed by atoms with Crippen LogP contribution in [0.3, 0.4) is 0 Å². The molecule has 0 aliphatic carbocycles. The van der Waals surface area contributed by atoms with Crippen LogP contribution in [0.4, 0.5) is 11.4 Å². The van der Waals surface area contributed by atoms with Crippen LogP contribution in [0.25, 0.3) is 0 Å². The first kappa shape index (κ1) is 19.5. The molecule has 7 nitrogen and oxygen atoms in total. The Morgan fingerprint density at radius 1 is 1.18 bits per heavy atom. The molecule has 1 aliphatic rings. The van der Waals surface area contributed by atoms with E-state index in [1.165, 1.54) is 18.2 Å². The molecule has 0 radical (unpaired) electrons. The lowest BCUT2D eigenvalue weighted by atomic mass is 9.95. The highest BCUT2D eigenvalue weighted by molar-refractivity contribution is 6.15. The van der Waals surface area contributed by atoms with E-state index in [1.54, 1.807) is 36.2 Å².